The Bertz CT molecular complexity index is 714. The molecule has 0 aliphatic carbocycles. The lowest BCUT2D eigenvalue weighted by Crippen LogP contribution is -2.57. The molecule has 3 heterocycles. The minimum Gasteiger partial charge on any atom is -0.420 e. The third kappa shape index (κ3) is 5.27. The summed E-state index contributed by atoms with van der Waals surface area (Å²) in [4.78, 5) is 0. The van der Waals surface area contributed by atoms with Gasteiger partial charge in [0.15, 0.2) is 18.1 Å². The molecule has 3 saturated heterocycles. The fourth-order valence-electron chi connectivity index (χ4n) is 5.68. The Morgan fingerprint density at radius 2 is 1.57 bits per heavy atom. The van der Waals surface area contributed by atoms with Crippen LogP contribution in [-0.4, -0.2) is 46.2 Å². The number of hydrogen-bond donors (Lipinski definition) is 0. The van der Waals surface area contributed by atoms with E-state index in [9.17, 15) is 0 Å². The van der Waals surface area contributed by atoms with Crippen LogP contribution in [0.1, 0.15) is 57.9 Å². The van der Waals surface area contributed by atoms with Gasteiger partial charge in [-0.25, -0.2) is 0 Å². The molecule has 30 heavy (non-hydrogen) atoms. The predicted octanol–water partition coefficient (Wildman–Crippen LogP) is 4.68. The zero-order chi connectivity index (χ0) is 20.8. The van der Waals surface area contributed by atoms with E-state index >= 15 is 0 Å². The van der Waals surface area contributed by atoms with Crippen LogP contribution in [-0.2, 0) is 19.3 Å². The summed E-state index contributed by atoms with van der Waals surface area (Å²) in [6, 6.07) is 15.6. The molecule has 1 aromatic rings. The number of allylic oxidation sites excluding steroid dienone is 2. The highest BCUT2D eigenvalue weighted by Gasteiger charge is 2.45. The zero-order valence-electron chi connectivity index (χ0n) is 19.1. The Labute approximate surface area is 187 Å². The Kier molecular flexibility index (Phi) is 8.22. The number of benzene rings is 1. The standard InChI is InChI=1S/C24H40O3Si3/c1-21(2)24(20-29-17-9-6-14-26-29)30(18-10-7-15-27-30)23-12-4-3-11-22(23)19-28-16-8-5-13-25-28/h3-4,11-12,28-29H,5-10,13-20H2,1-2H3. The summed E-state index contributed by atoms with van der Waals surface area (Å²) in [7, 11) is -4.44. The molecule has 166 valence electrons. The van der Waals surface area contributed by atoms with Gasteiger partial charge in [-0.15, -0.1) is 0 Å². The minimum absolute atomic E-state index is 0.932. The van der Waals surface area contributed by atoms with E-state index in [-0.39, 0.29) is 0 Å². The van der Waals surface area contributed by atoms with Crippen LogP contribution in [0.3, 0.4) is 0 Å². The van der Waals surface area contributed by atoms with Gasteiger partial charge in [-0.05, 0) is 74.1 Å². The third-order valence-electron chi connectivity index (χ3n) is 7.24. The Hall–Kier alpha value is -0.509. The SMILES string of the molecule is CC(C)=C(C[SiH]1CCCCO1)[Si]1(c2ccccc2C[SiH]2CCCCO2)CCCCO1. The summed E-state index contributed by atoms with van der Waals surface area (Å²) in [5.74, 6) is 0. The van der Waals surface area contributed by atoms with Gasteiger partial charge in [-0.3, -0.25) is 0 Å². The van der Waals surface area contributed by atoms with Gasteiger partial charge in [0.25, 0.3) is 8.32 Å². The summed E-state index contributed by atoms with van der Waals surface area (Å²) in [6.45, 7) is 7.58. The molecule has 3 aliphatic rings. The molecule has 3 aliphatic heterocycles. The van der Waals surface area contributed by atoms with Crippen molar-refractivity contribution in [1.82, 2.24) is 0 Å². The van der Waals surface area contributed by atoms with Crippen LogP contribution in [0.5, 0.6) is 0 Å². The highest BCUT2D eigenvalue weighted by atomic mass is 28.4. The van der Waals surface area contributed by atoms with E-state index < -0.39 is 26.4 Å². The van der Waals surface area contributed by atoms with Gasteiger partial charge in [0.2, 0.25) is 0 Å². The van der Waals surface area contributed by atoms with Crippen LogP contribution >= 0.6 is 0 Å². The maximum absolute atomic E-state index is 6.97. The molecule has 0 saturated carbocycles. The van der Waals surface area contributed by atoms with Crippen LogP contribution in [0, 0.1) is 0 Å². The highest BCUT2D eigenvalue weighted by Crippen LogP contribution is 2.36. The second kappa shape index (κ2) is 10.9. The topological polar surface area (TPSA) is 27.7 Å². The molecule has 0 spiro atoms. The first-order valence-corrected chi connectivity index (χ1v) is 18.6. The van der Waals surface area contributed by atoms with E-state index in [1.807, 2.05) is 0 Å². The van der Waals surface area contributed by atoms with Crippen LogP contribution in [0.2, 0.25) is 24.2 Å². The van der Waals surface area contributed by atoms with E-state index in [1.54, 1.807) is 15.9 Å². The van der Waals surface area contributed by atoms with Crippen molar-refractivity contribution in [3.05, 3.63) is 40.6 Å². The molecule has 1 aromatic carbocycles. The fraction of sp³-hybridized carbons (Fsp3) is 0.667. The second-order valence-corrected chi connectivity index (χ2v) is 18.4. The molecule has 3 unspecified atom stereocenters. The third-order valence-corrected chi connectivity index (χ3v) is 17.7. The van der Waals surface area contributed by atoms with Gasteiger partial charge in [-0.1, -0.05) is 54.3 Å². The van der Waals surface area contributed by atoms with Gasteiger partial charge in [0.1, 0.15) is 0 Å². The first-order valence-electron chi connectivity index (χ1n) is 12.3. The second-order valence-electron chi connectivity index (χ2n) is 9.65. The summed E-state index contributed by atoms with van der Waals surface area (Å²) < 4.78 is 19.6. The van der Waals surface area contributed by atoms with Crippen LogP contribution in [0.15, 0.2) is 35.0 Å². The molecule has 3 atom stereocenters. The summed E-state index contributed by atoms with van der Waals surface area (Å²) in [6.07, 6.45) is 7.75. The van der Waals surface area contributed by atoms with Crippen molar-refractivity contribution in [3.63, 3.8) is 0 Å². The molecule has 4 rings (SSSR count). The van der Waals surface area contributed by atoms with E-state index in [4.69, 9.17) is 13.3 Å². The van der Waals surface area contributed by atoms with Crippen molar-refractivity contribution in [2.75, 3.05) is 19.8 Å². The quantitative estimate of drug-likeness (QED) is 0.577. The molecule has 0 aromatic heterocycles. The molecule has 0 amide bonds. The van der Waals surface area contributed by atoms with Crippen molar-refractivity contribution in [2.45, 2.75) is 82.6 Å². The molecule has 3 nitrogen and oxygen atoms in total. The van der Waals surface area contributed by atoms with Gasteiger partial charge in [0, 0.05) is 19.8 Å². The smallest absolute Gasteiger partial charge is 0.251 e. The lowest BCUT2D eigenvalue weighted by molar-refractivity contribution is 0.277. The Morgan fingerprint density at radius 1 is 0.867 bits per heavy atom. The van der Waals surface area contributed by atoms with Gasteiger partial charge in [-0.2, -0.15) is 0 Å². The first kappa shape index (κ1) is 22.7. The fourth-order valence-corrected chi connectivity index (χ4v) is 17.6. The average Bonchev–Trinajstić information content (AvgIpc) is 2.79. The van der Waals surface area contributed by atoms with Crippen molar-refractivity contribution >= 4 is 31.6 Å². The summed E-state index contributed by atoms with van der Waals surface area (Å²) in [5, 5.41) is 3.26. The molecular weight excluding hydrogens is 421 g/mol. The minimum atomic E-state index is -2.16. The molecular formula is C24H40O3Si3. The number of rotatable bonds is 6. The van der Waals surface area contributed by atoms with Gasteiger partial charge < -0.3 is 13.3 Å². The molecule has 0 N–H and O–H groups in total. The number of hydrogen-bond acceptors (Lipinski definition) is 3. The van der Waals surface area contributed by atoms with Crippen LogP contribution in [0.4, 0.5) is 0 Å². The van der Waals surface area contributed by atoms with E-state index in [2.05, 4.69) is 38.1 Å². The summed E-state index contributed by atoms with van der Waals surface area (Å²) in [5.41, 5.74) is 3.06. The molecule has 3 fully saturated rings. The largest absolute Gasteiger partial charge is 0.420 e. The summed E-state index contributed by atoms with van der Waals surface area (Å²) >= 11 is 0. The van der Waals surface area contributed by atoms with E-state index in [0.717, 1.165) is 19.8 Å². The molecule has 0 radical (unpaired) electrons. The maximum atomic E-state index is 6.97. The molecule has 6 heteroatoms. The first-order chi connectivity index (χ1) is 14.7. The predicted molar refractivity (Wildman–Crippen MR) is 133 cm³/mol. The van der Waals surface area contributed by atoms with Crippen molar-refractivity contribution < 1.29 is 13.3 Å². The van der Waals surface area contributed by atoms with Crippen molar-refractivity contribution in [3.8, 4) is 0 Å². The Balaban J connectivity index is 1.68. The van der Waals surface area contributed by atoms with Gasteiger partial charge in [0.05, 0.1) is 0 Å². The monoisotopic (exact) mass is 460 g/mol. The maximum Gasteiger partial charge on any atom is 0.251 e. The van der Waals surface area contributed by atoms with Crippen LogP contribution in [0.25, 0.3) is 0 Å². The van der Waals surface area contributed by atoms with E-state index in [1.165, 1.54) is 74.3 Å². The molecule has 0 bridgehead atoms. The average molecular weight is 461 g/mol. The lowest BCUT2D eigenvalue weighted by atomic mass is 10.2. The highest BCUT2D eigenvalue weighted by molar-refractivity contribution is 6.94. The Morgan fingerprint density at radius 3 is 2.20 bits per heavy atom. The zero-order valence-corrected chi connectivity index (χ0v) is 22.4. The normalized spacial score (nSPS) is 30.1. The van der Waals surface area contributed by atoms with Crippen molar-refractivity contribution in [2.24, 2.45) is 0 Å². The van der Waals surface area contributed by atoms with Crippen molar-refractivity contribution in [1.29, 1.82) is 0 Å². The van der Waals surface area contributed by atoms with Gasteiger partial charge >= 0.3 is 0 Å². The van der Waals surface area contributed by atoms with Crippen LogP contribution < -0.4 is 5.19 Å². The van der Waals surface area contributed by atoms with E-state index in [0.29, 0.717) is 0 Å². The lowest BCUT2D eigenvalue weighted by Gasteiger charge is -2.41.